The molecule has 2 nitrogen and oxygen atoms in total. The van der Waals surface area contributed by atoms with Crippen LogP contribution in [-0.2, 0) is 0 Å². The summed E-state index contributed by atoms with van der Waals surface area (Å²) in [5, 5.41) is 9.67. The van der Waals surface area contributed by atoms with E-state index in [-0.39, 0.29) is 46.7 Å². The van der Waals surface area contributed by atoms with Crippen molar-refractivity contribution in [2.75, 3.05) is 7.05 Å². The van der Waals surface area contributed by atoms with Crippen LogP contribution in [0.3, 0.4) is 0 Å². The molecule has 0 aliphatic carbocycles. The minimum absolute atomic E-state index is 0. The molecule has 3 heteroatoms. The molecule has 0 spiro atoms. The molecule has 73 valence electrons. The molecule has 1 saturated heterocycles. The van der Waals surface area contributed by atoms with Gasteiger partial charge in [-0.05, 0) is 47.6 Å². The number of likely N-dealkylation sites (tertiary alicyclic amines) is 1. The zero-order valence-electron chi connectivity index (χ0n) is 9.89. The summed E-state index contributed by atoms with van der Waals surface area (Å²) >= 11 is 0. The first kappa shape index (κ1) is 13.9. The fourth-order valence-corrected chi connectivity index (χ4v) is 2.32. The largest absolute Gasteiger partial charge is 0.393 e. The predicted molar refractivity (Wildman–Crippen MR) is 56.9 cm³/mol. The smallest absolute Gasteiger partial charge is 0.0575 e. The van der Waals surface area contributed by atoms with Gasteiger partial charge in [0.05, 0.1) is 6.10 Å². The second kappa shape index (κ2) is 4.19. The fraction of sp³-hybridized carbons (Fsp3) is 1.00. The molecular weight excluding hydrogens is 173 g/mol. The van der Waals surface area contributed by atoms with Crippen LogP contribution >= 0.6 is 0 Å². The first-order valence-electron chi connectivity index (χ1n) is 4.68. The van der Waals surface area contributed by atoms with Gasteiger partial charge in [-0.3, -0.25) is 4.90 Å². The van der Waals surface area contributed by atoms with Gasteiger partial charge < -0.3 is 5.11 Å². The first-order valence-corrected chi connectivity index (χ1v) is 4.68. The Kier molecular flexibility index (Phi) is 4.49. The molecule has 0 aromatic carbocycles. The molecule has 1 rings (SSSR count). The monoisotopic (exact) mass is 194 g/mol. The first-order chi connectivity index (χ1) is 5.26. The molecule has 0 aromatic rings. The normalized spacial score (nSPS) is 28.2. The topological polar surface area (TPSA) is 23.5 Å². The van der Waals surface area contributed by atoms with Crippen molar-refractivity contribution >= 4 is 29.6 Å². The van der Waals surface area contributed by atoms with Crippen LogP contribution in [0.15, 0.2) is 0 Å². The van der Waals surface area contributed by atoms with E-state index in [4.69, 9.17) is 0 Å². The van der Waals surface area contributed by atoms with Crippen molar-refractivity contribution in [2.24, 2.45) is 0 Å². The van der Waals surface area contributed by atoms with Gasteiger partial charge in [-0.15, -0.1) is 0 Å². The second-order valence-electron chi connectivity index (χ2n) is 5.25. The number of hydrogen-bond donors (Lipinski definition) is 1. The summed E-state index contributed by atoms with van der Waals surface area (Å²) in [6, 6.07) is 0. The van der Waals surface area contributed by atoms with E-state index in [2.05, 4.69) is 39.6 Å². The molecule has 1 heterocycles. The minimum atomic E-state index is -0.133. The van der Waals surface area contributed by atoms with E-state index >= 15 is 0 Å². The summed E-state index contributed by atoms with van der Waals surface area (Å²) in [5.41, 5.74) is 0.252. The Bertz CT molecular complexity index is 162. The maximum absolute atomic E-state index is 9.67. The van der Waals surface area contributed by atoms with E-state index in [9.17, 15) is 5.11 Å². The summed E-state index contributed by atoms with van der Waals surface area (Å²) in [6.45, 7) is 8.77. The number of aliphatic hydroxyl groups excluding tert-OH is 1. The van der Waals surface area contributed by atoms with Crippen molar-refractivity contribution in [3.05, 3.63) is 0 Å². The van der Waals surface area contributed by atoms with E-state index in [0.29, 0.717) is 0 Å². The Labute approximate surface area is 104 Å². The van der Waals surface area contributed by atoms with Crippen molar-refractivity contribution in [2.45, 2.75) is 57.7 Å². The minimum Gasteiger partial charge on any atom is -0.393 e. The standard InChI is InChI=1S/C10H21NO.Na/c1-9(2)6-8(12)7-10(3,4)11(9)5;/h8,12H,6-7H2,1-5H3;. The molecule has 1 radical (unpaired) electrons. The molecule has 0 atom stereocenters. The van der Waals surface area contributed by atoms with E-state index in [0.717, 1.165) is 12.8 Å². The van der Waals surface area contributed by atoms with Crippen molar-refractivity contribution in [3.8, 4) is 0 Å². The molecule has 0 bridgehead atoms. The van der Waals surface area contributed by atoms with Crippen LogP contribution in [0.5, 0.6) is 0 Å². The van der Waals surface area contributed by atoms with Crippen LogP contribution in [0.1, 0.15) is 40.5 Å². The number of aliphatic hydroxyl groups is 1. The molecule has 0 amide bonds. The number of rotatable bonds is 0. The molecule has 0 saturated carbocycles. The zero-order chi connectivity index (χ0) is 9.57. The van der Waals surface area contributed by atoms with Crippen LogP contribution in [0, 0.1) is 0 Å². The van der Waals surface area contributed by atoms with E-state index in [1.54, 1.807) is 0 Å². The Morgan fingerprint density at radius 3 is 1.69 bits per heavy atom. The summed E-state index contributed by atoms with van der Waals surface area (Å²) in [7, 11) is 2.14. The maximum atomic E-state index is 9.67. The molecule has 0 unspecified atom stereocenters. The average Bonchev–Trinajstić information content (AvgIpc) is 1.80. The van der Waals surface area contributed by atoms with Gasteiger partial charge in [-0.25, -0.2) is 0 Å². The third-order valence-corrected chi connectivity index (χ3v) is 3.29. The molecule has 0 aromatic heterocycles. The van der Waals surface area contributed by atoms with Crippen LogP contribution in [-0.4, -0.2) is 63.8 Å². The summed E-state index contributed by atoms with van der Waals surface area (Å²) < 4.78 is 0. The fourth-order valence-electron chi connectivity index (χ4n) is 2.32. The van der Waals surface area contributed by atoms with Gasteiger partial charge in [0, 0.05) is 40.6 Å². The summed E-state index contributed by atoms with van der Waals surface area (Å²) in [5.74, 6) is 0. The van der Waals surface area contributed by atoms with Crippen LogP contribution in [0.2, 0.25) is 0 Å². The Balaban J connectivity index is 0.00000144. The average molecular weight is 194 g/mol. The number of hydrogen-bond acceptors (Lipinski definition) is 2. The van der Waals surface area contributed by atoms with Gasteiger partial charge in [0.15, 0.2) is 0 Å². The number of piperidine rings is 1. The third-order valence-electron chi connectivity index (χ3n) is 3.29. The van der Waals surface area contributed by atoms with Crippen molar-refractivity contribution < 1.29 is 5.11 Å². The predicted octanol–water partition coefficient (Wildman–Crippen LogP) is 1.25. The van der Waals surface area contributed by atoms with Crippen molar-refractivity contribution in [1.29, 1.82) is 0 Å². The van der Waals surface area contributed by atoms with Crippen LogP contribution < -0.4 is 0 Å². The summed E-state index contributed by atoms with van der Waals surface area (Å²) in [6.07, 6.45) is 1.63. The van der Waals surface area contributed by atoms with E-state index < -0.39 is 0 Å². The van der Waals surface area contributed by atoms with E-state index in [1.807, 2.05) is 0 Å². The zero-order valence-corrected chi connectivity index (χ0v) is 11.9. The van der Waals surface area contributed by atoms with Crippen molar-refractivity contribution in [3.63, 3.8) is 0 Å². The van der Waals surface area contributed by atoms with Gasteiger partial charge in [0.25, 0.3) is 0 Å². The maximum Gasteiger partial charge on any atom is 0.0575 e. The quantitative estimate of drug-likeness (QED) is 0.587. The summed E-state index contributed by atoms with van der Waals surface area (Å²) in [4.78, 5) is 2.37. The molecule has 13 heavy (non-hydrogen) atoms. The molecular formula is C10H21NNaO. The SMILES string of the molecule is CN1C(C)(C)CC(O)CC1(C)C.[Na]. The van der Waals surface area contributed by atoms with Gasteiger partial charge in [-0.1, -0.05) is 0 Å². The Hall–Kier alpha value is 0.920. The molecule has 1 aliphatic rings. The second-order valence-corrected chi connectivity index (χ2v) is 5.25. The Morgan fingerprint density at radius 1 is 1.08 bits per heavy atom. The van der Waals surface area contributed by atoms with Gasteiger partial charge >= 0.3 is 0 Å². The van der Waals surface area contributed by atoms with Crippen LogP contribution in [0.4, 0.5) is 0 Å². The van der Waals surface area contributed by atoms with Gasteiger partial charge in [0.1, 0.15) is 0 Å². The van der Waals surface area contributed by atoms with Gasteiger partial charge in [0.2, 0.25) is 0 Å². The third kappa shape index (κ3) is 2.93. The molecule has 1 aliphatic heterocycles. The van der Waals surface area contributed by atoms with Crippen molar-refractivity contribution in [1.82, 2.24) is 4.90 Å². The van der Waals surface area contributed by atoms with E-state index in [1.165, 1.54) is 0 Å². The van der Waals surface area contributed by atoms with Gasteiger partial charge in [-0.2, -0.15) is 0 Å². The molecule has 1 fully saturated rings. The number of nitrogens with zero attached hydrogens (tertiary/aromatic N) is 1. The Morgan fingerprint density at radius 2 is 1.38 bits per heavy atom. The van der Waals surface area contributed by atoms with Crippen LogP contribution in [0.25, 0.3) is 0 Å². The molecule has 1 N–H and O–H groups in total.